The van der Waals surface area contributed by atoms with Crippen molar-refractivity contribution in [1.29, 1.82) is 0 Å². The first-order valence-electron chi connectivity index (χ1n) is 5.08. The van der Waals surface area contributed by atoms with E-state index in [0.717, 1.165) is 0 Å². The number of carbonyl (C=O) groups is 1. The number of hydrogen-bond donors (Lipinski definition) is 0. The van der Waals surface area contributed by atoms with Crippen LogP contribution in [0.1, 0.15) is 31.1 Å². The molecule has 1 aromatic carbocycles. The minimum atomic E-state index is -1.22. The van der Waals surface area contributed by atoms with Crippen LogP contribution in [0.2, 0.25) is 10.0 Å². The van der Waals surface area contributed by atoms with E-state index in [1.807, 2.05) is 20.8 Å². The van der Waals surface area contributed by atoms with Crippen molar-refractivity contribution >= 4 is 39.8 Å². The Hall–Kier alpha value is -0.380. The molecule has 1 rings (SSSR count). The van der Waals surface area contributed by atoms with Crippen LogP contribution in [0.15, 0.2) is 18.2 Å². The van der Waals surface area contributed by atoms with Gasteiger partial charge in [0.25, 0.3) is 0 Å². The van der Waals surface area contributed by atoms with Crippen LogP contribution in [-0.4, -0.2) is 20.5 Å². The molecule has 17 heavy (non-hydrogen) atoms. The molecule has 5 heteroatoms. The number of Topliss-reactive ketones (excluding diaryl/α,β-unsaturated/α-hetero) is 1. The fraction of sp³-hybridized carbons (Fsp3) is 0.417. The average molecular weight is 293 g/mol. The standard InChI is InChI=1S/C12H14Cl2O2S/c1-12(2,3)17(16)7-11(15)9-5-4-8(13)6-10(9)14/h4-6H,7H2,1-3H3. The van der Waals surface area contributed by atoms with Gasteiger partial charge < -0.3 is 0 Å². The molecule has 0 bridgehead atoms. The Bertz CT molecular complexity index is 464. The van der Waals surface area contributed by atoms with Crippen molar-refractivity contribution in [2.75, 3.05) is 5.75 Å². The number of ketones is 1. The van der Waals surface area contributed by atoms with Crippen LogP contribution < -0.4 is 0 Å². The van der Waals surface area contributed by atoms with Gasteiger partial charge >= 0.3 is 0 Å². The largest absolute Gasteiger partial charge is 0.293 e. The first kappa shape index (κ1) is 14.7. The Morgan fingerprint density at radius 1 is 1.29 bits per heavy atom. The Kier molecular flexibility index (Phi) is 4.76. The minimum Gasteiger partial charge on any atom is -0.293 e. The van der Waals surface area contributed by atoms with Crippen molar-refractivity contribution in [1.82, 2.24) is 0 Å². The second-order valence-electron chi connectivity index (χ2n) is 4.65. The summed E-state index contributed by atoms with van der Waals surface area (Å²) in [7, 11) is -1.22. The Balaban J connectivity index is 2.88. The molecule has 1 atom stereocenters. The van der Waals surface area contributed by atoms with Crippen molar-refractivity contribution in [3.8, 4) is 0 Å². The van der Waals surface area contributed by atoms with Crippen LogP contribution in [0.4, 0.5) is 0 Å². The maximum Gasteiger partial charge on any atom is 0.176 e. The van der Waals surface area contributed by atoms with Gasteiger partial charge in [0.2, 0.25) is 0 Å². The van der Waals surface area contributed by atoms with E-state index in [4.69, 9.17) is 23.2 Å². The first-order chi connectivity index (χ1) is 7.71. The highest BCUT2D eigenvalue weighted by molar-refractivity contribution is 7.87. The van der Waals surface area contributed by atoms with Gasteiger partial charge in [-0.1, -0.05) is 23.2 Å². The molecule has 0 saturated carbocycles. The number of halogens is 2. The molecule has 0 aliphatic rings. The van der Waals surface area contributed by atoms with Crippen molar-refractivity contribution in [3.05, 3.63) is 33.8 Å². The summed E-state index contributed by atoms with van der Waals surface area (Å²) in [6.45, 7) is 5.50. The monoisotopic (exact) mass is 292 g/mol. The van der Waals surface area contributed by atoms with Crippen LogP contribution >= 0.6 is 23.2 Å². The summed E-state index contributed by atoms with van der Waals surface area (Å²) in [6, 6.07) is 4.67. The number of benzene rings is 1. The smallest absolute Gasteiger partial charge is 0.176 e. The zero-order chi connectivity index (χ0) is 13.2. The zero-order valence-corrected chi connectivity index (χ0v) is 12.2. The lowest BCUT2D eigenvalue weighted by Gasteiger charge is -2.17. The lowest BCUT2D eigenvalue weighted by molar-refractivity contribution is 0.102. The molecule has 0 amide bonds. The van der Waals surface area contributed by atoms with Crippen molar-refractivity contribution < 1.29 is 9.00 Å². The van der Waals surface area contributed by atoms with Gasteiger partial charge in [0.1, 0.15) is 0 Å². The molecule has 0 spiro atoms. The van der Waals surface area contributed by atoms with Gasteiger partial charge in [-0.25, -0.2) is 0 Å². The van der Waals surface area contributed by atoms with Gasteiger partial charge in [0.15, 0.2) is 5.78 Å². The second kappa shape index (κ2) is 5.51. The van der Waals surface area contributed by atoms with Crippen LogP contribution in [-0.2, 0) is 10.8 Å². The third-order valence-corrected chi connectivity index (χ3v) is 4.61. The van der Waals surface area contributed by atoms with Crippen LogP contribution in [0.25, 0.3) is 0 Å². The highest BCUT2D eigenvalue weighted by atomic mass is 35.5. The highest BCUT2D eigenvalue weighted by Gasteiger charge is 2.23. The molecule has 94 valence electrons. The molecule has 0 aliphatic heterocycles. The summed E-state index contributed by atoms with van der Waals surface area (Å²) in [5, 5.41) is 0.775. The quantitative estimate of drug-likeness (QED) is 0.796. The maximum absolute atomic E-state index is 11.9. The summed E-state index contributed by atoms with van der Waals surface area (Å²) in [4.78, 5) is 11.9. The molecule has 0 radical (unpaired) electrons. The van der Waals surface area contributed by atoms with E-state index in [0.29, 0.717) is 15.6 Å². The lowest BCUT2D eigenvalue weighted by atomic mass is 10.1. The van der Waals surface area contributed by atoms with E-state index < -0.39 is 15.5 Å². The molecule has 0 aromatic heterocycles. The summed E-state index contributed by atoms with van der Waals surface area (Å²) < 4.78 is 11.4. The van der Waals surface area contributed by atoms with Gasteiger partial charge in [-0.05, 0) is 39.0 Å². The van der Waals surface area contributed by atoms with E-state index in [-0.39, 0.29) is 11.5 Å². The summed E-state index contributed by atoms with van der Waals surface area (Å²) in [6.07, 6.45) is 0. The molecule has 0 fully saturated rings. The molecule has 1 aromatic rings. The number of hydrogen-bond acceptors (Lipinski definition) is 2. The molecule has 0 aliphatic carbocycles. The summed E-state index contributed by atoms with van der Waals surface area (Å²) in [5.74, 6) is -0.245. The molecule has 2 nitrogen and oxygen atoms in total. The fourth-order valence-electron chi connectivity index (χ4n) is 1.13. The lowest BCUT2D eigenvalue weighted by Crippen LogP contribution is -2.27. The average Bonchev–Trinajstić information content (AvgIpc) is 2.15. The summed E-state index contributed by atoms with van der Waals surface area (Å²) >= 11 is 11.7. The molecular formula is C12H14Cl2O2S. The molecule has 0 saturated heterocycles. The van der Waals surface area contributed by atoms with Gasteiger partial charge in [0, 0.05) is 26.1 Å². The van der Waals surface area contributed by atoms with Crippen molar-refractivity contribution in [3.63, 3.8) is 0 Å². The molecule has 1 unspecified atom stereocenters. The van der Waals surface area contributed by atoms with Crippen molar-refractivity contribution in [2.24, 2.45) is 0 Å². The number of rotatable bonds is 3. The fourth-order valence-corrected chi connectivity index (χ4v) is 2.47. The van der Waals surface area contributed by atoms with E-state index >= 15 is 0 Å². The van der Waals surface area contributed by atoms with Crippen LogP contribution in [0.3, 0.4) is 0 Å². The Morgan fingerprint density at radius 3 is 2.35 bits per heavy atom. The topological polar surface area (TPSA) is 34.1 Å². The van der Waals surface area contributed by atoms with Crippen LogP contribution in [0.5, 0.6) is 0 Å². The SMILES string of the molecule is CC(C)(C)S(=O)CC(=O)c1ccc(Cl)cc1Cl. The second-order valence-corrected chi connectivity index (χ2v) is 7.70. The van der Waals surface area contributed by atoms with E-state index in [1.54, 1.807) is 12.1 Å². The van der Waals surface area contributed by atoms with Gasteiger partial charge in [-0.2, -0.15) is 0 Å². The third-order valence-electron chi connectivity index (χ3n) is 2.18. The van der Waals surface area contributed by atoms with Crippen LogP contribution in [0, 0.1) is 0 Å². The summed E-state index contributed by atoms with van der Waals surface area (Å²) in [5.41, 5.74) is 0.369. The maximum atomic E-state index is 11.9. The normalized spacial score (nSPS) is 13.5. The van der Waals surface area contributed by atoms with E-state index in [2.05, 4.69) is 0 Å². The molecule has 0 heterocycles. The zero-order valence-electron chi connectivity index (χ0n) is 9.92. The predicted molar refractivity (Wildman–Crippen MR) is 73.6 cm³/mol. The Morgan fingerprint density at radius 2 is 1.88 bits per heavy atom. The number of carbonyl (C=O) groups excluding carboxylic acids is 1. The molecule has 0 N–H and O–H groups in total. The minimum absolute atomic E-state index is 0.0230. The van der Waals surface area contributed by atoms with Crippen molar-refractivity contribution in [2.45, 2.75) is 25.5 Å². The van der Waals surface area contributed by atoms with Gasteiger partial charge in [-0.3, -0.25) is 9.00 Å². The molecular weight excluding hydrogens is 279 g/mol. The third kappa shape index (κ3) is 4.09. The van der Waals surface area contributed by atoms with E-state index in [1.165, 1.54) is 6.07 Å². The van der Waals surface area contributed by atoms with Gasteiger partial charge in [-0.15, -0.1) is 0 Å². The predicted octanol–water partition coefficient (Wildman–Crippen LogP) is 3.72. The Labute approximate surface area is 114 Å². The van der Waals surface area contributed by atoms with Gasteiger partial charge in [0.05, 0.1) is 10.8 Å². The first-order valence-corrected chi connectivity index (χ1v) is 7.16. The van der Waals surface area contributed by atoms with E-state index in [9.17, 15) is 9.00 Å². The highest BCUT2D eigenvalue weighted by Crippen LogP contribution is 2.22.